The van der Waals surface area contributed by atoms with Crippen LogP contribution in [-0.4, -0.2) is 4.58 Å². The Morgan fingerprint density at radius 3 is 2.85 bits per heavy atom. The lowest BCUT2D eigenvalue weighted by molar-refractivity contribution is 1.03. The van der Waals surface area contributed by atoms with Crippen molar-refractivity contribution in [2.75, 3.05) is 0 Å². The topological polar surface area (TPSA) is 0 Å². The molecule has 0 radical (unpaired) electrons. The number of thiophene rings is 1. The Labute approximate surface area is 187 Å². The van der Waals surface area contributed by atoms with E-state index in [9.17, 15) is 0 Å². The fourth-order valence-corrected chi connectivity index (χ4v) is 9.83. The van der Waals surface area contributed by atoms with Gasteiger partial charge in [0.2, 0.25) is 0 Å². The van der Waals surface area contributed by atoms with Gasteiger partial charge < -0.3 is 0 Å². The summed E-state index contributed by atoms with van der Waals surface area (Å²) in [7, 11) is 0. The van der Waals surface area contributed by atoms with E-state index in [1.54, 1.807) is 11.3 Å². The highest BCUT2D eigenvalue weighted by Gasteiger charge is 2.38. The minimum Gasteiger partial charge on any atom is -0.136 e. The maximum absolute atomic E-state index is 3.85. The monoisotopic (exact) mass is 530 g/mol. The summed E-state index contributed by atoms with van der Waals surface area (Å²) < 4.78 is 2.92. The van der Waals surface area contributed by atoms with E-state index in [1.807, 2.05) is 23.5 Å². The summed E-state index contributed by atoms with van der Waals surface area (Å²) in [5.41, 5.74) is 9.76. The highest BCUT2D eigenvalue weighted by atomic mass is 79.9. The van der Waals surface area contributed by atoms with Gasteiger partial charge in [0.1, 0.15) is 0 Å². The molecular formula is C22H12Br2S3. The third-order valence-corrected chi connectivity index (χ3v) is 10.6. The van der Waals surface area contributed by atoms with Gasteiger partial charge in [0, 0.05) is 11.5 Å². The molecular weight excluding hydrogens is 520 g/mol. The van der Waals surface area contributed by atoms with Gasteiger partial charge in [0.05, 0.1) is 12.2 Å². The molecule has 0 N–H and O–H groups in total. The fraction of sp³-hybridized carbons (Fsp3) is 0.0909. The smallest absolute Gasteiger partial charge is 0.0854 e. The number of rotatable bonds is 2. The first-order valence-electron chi connectivity index (χ1n) is 8.62. The van der Waals surface area contributed by atoms with E-state index < -0.39 is 0 Å². The second-order valence-corrected chi connectivity index (χ2v) is 12.9. The lowest BCUT2D eigenvalue weighted by atomic mass is 9.94. The van der Waals surface area contributed by atoms with Crippen LogP contribution in [0.3, 0.4) is 0 Å². The second-order valence-electron chi connectivity index (χ2n) is 6.79. The number of hydrogen-bond acceptors (Lipinski definition) is 3. The molecule has 1 aromatic heterocycles. The van der Waals surface area contributed by atoms with Crippen molar-refractivity contribution in [1.29, 1.82) is 0 Å². The van der Waals surface area contributed by atoms with Crippen LogP contribution in [-0.2, 0) is 0 Å². The van der Waals surface area contributed by atoms with Crippen LogP contribution < -0.4 is 0 Å². The van der Waals surface area contributed by atoms with Crippen LogP contribution in [0.25, 0.3) is 17.7 Å². The lowest BCUT2D eigenvalue weighted by Gasteiger charge is -2.23. The van der Waals surface area contributed by atoms with Crippen molar-refractivity contribution in [3.05, 3.63) is 93.8 Å². The predicted octanol–water partition coefficient (Wildman–Crippen LogP) is 8.41. The molecule has 2 heterocycles. The van der Waals surface area contributed by atoms with Gasteiger partial charge in [-0.05, 0) is 87.7 Å². The van der Waals surface area contributed by atoms with E-state index in [4.69, 9.17) is 0 Å². The number of benzene rings is 1. The van der Waals surface area contributed by atoms with E-state index >= 15 is 0 Å². The summed E-state index contributed by atoms with van der Waals surface area (Å²) in [5.74, 6) is 0.378. The molecule has 27 heavy (non-hydrogen) atoms. The molecule has 0 saturated carbocycles. The Kier molecular flexibility index (Phi) is 4.06. The van der Waals surface area contributed by atoms with Gasteiger partial charge >= 0.3 is 0 Å². The van der Waals surface area contributed by atoms with Crippen LogP contribution in [0.4, 0.5) is 0 Å². The molecule has 1 aromatic carbocycles. The Bertz CT molecular complexity index is 1160. The maximum Gasteiger partial charge on any atom is 0.0854 e. The van der Waals surface area contributed by atoms with Gasteiger partial charge in [0.15, 0.2) is 0 Å². The first-order valence-corrected chi connectivity index (χ1v) is 12.8. The average molecular weight is 532 g/mol. The second kappa shape index (κ2) is 6.39. The fourth-order valence-electron chi connectivity index (χ4n) is 4.16. The molecule has 0 fully saturated rings. The molecule has 0 bridgehead atoms. The van der Waals surface area contributed by atoms with E-state index in [0.29, 0.717) is 10.5 Å². The summed E-state index contributed by atoms with van der Waals surface area (Å²) in [4.78, 5) is 1.44. The average Bonchev–Trinajstić information content (AvgIpc) is 3.38. The molecule has 4 aliphatic rings. The van der Waals surface area contributed by atoms with E-state index in [-0.39, 0.29) is 0 Å². The zero-order chi connectivity index (χ0) is 18.1. The number of thioether (sulfide) groups is 2. The van der Waals surface area contributed by atoms with Crippen LogP contribution >= 0.6 is 66.7 Å². The van der Waals surface area contributed by atoms with Gasteiger partial charge in [-0.25, -0.2) is 0 Å². The Balaban J connectivity index is 1.36. The molecule has 6 rings (SSSR count). The first kappa shape index (κ1) is 17.2. The molecule has 132 valence electrons. The van der Waals surface area contributed by atoms with Crippen LogP contribution in [0.2, 0.25) is 0 Å². The number of halogens is 2. The van der Waals surface area contributed by atoms with Gasteiger partial charge in [-0.2, -0.15) is 0 Å². The number of hydrogen-bond donors (Lipinski definition) is 0. The maximum atomic E-state index is 3.85. The molecule has 2 aromatic rings. The highest BCUT2D eigenvalue weighted by Crippen LogP contribution is 2.61. The van der Waals surface area contributed by atoms with E-state index in [1.165, 1.54) is 51.5 Å². The molecule has 0 spiro atoms. The number of fused-ring (bicyclic) bond motifs is 6. The predicted molar refractivity (Wildman–Crippen MR) is 129 cm³/mol. The standard InChI is InChI=1S/C22H12Br2S3/c23-20-18-13(10-25-20)8-12-5-3-7-16(17(12)18)26-22-15-9-11-4-1-2-6-14(11)19(15)21(24)27-22/h1-10,17,22H. The molecule has 2 atom stereocenters. The van der Waals surface area contributed by atoms with Gasteiger partial charge in [-0.15, -0.1) is 23.1 Å². The molecule has 2 unspecified atom stereocenters. The summed E-state index contributed by atoms with van der Waals surface area (Å²) in [6.07, 6.45) is 11.5. The first-order chi connectivity index (χ1) is 13.2. The van der Waals surface area contributed by atoms with Crippen molar-refractivity contribution < 1.29 is 0 Å². The zero-order valence-electron chi connectivity index (χ0n) is 13.9. The molecule has 3 aliphatic carbocycles. The summed E-state index contributed by atoms with van der Waals surface area (Å²) in [6.45, 7) is 0. The number of allylic oxidation sites excluding steroid dienone is 6. The van der Waals surface area contributed by atoms with Crippen LogP contribution in [0.5, 0.6) is 0 Å². The minimum absolute atomic E-state index is 0.378. The third-order valence-electron chi connectivity index (χ3n) is 5.32. The molecule has 0 saturated heterocycles. The lowest BCUT2D eigenvalue weighted by Crippen LogP contribution is -2.06. The Morgan fingerprint density at radius 2 is 1.93 bits per heavy atom. The normalized spacial score (nSPS) is 24.3. The zero-order valence-corrected chi connectivity index (χ0v) is 19.5. The van der Waals surface area contributed by atoms with Crippen molar-refractivity contribution >= 4 is 84.4 Å². The molecule has 0 nitrogen and oxygen atoms in total. The van der Waals surface area contributed by atoms with E-state index in [0.717, 1.165) is 0 Å². The van der Waals surface area contributed by atoms with Gasteiger partial charge in [-0.3, -0.25) is 0 Å². The van der Waals surface area contributed by atoms with Crippen LogP contribution in [0.15, 0.2) is 71.5 Å². The quantitative estimate of drug-likeness (QED) is 0.381. The minimum atomic E-state index is 0.378. The molecule has 0 amide bonds. The van der Waals surface area contributed by atoms with E-state index in [2.05, 4.69) is 91.9 Å². The van der Waals surface area contributed by atoms with Crippen molar-refractivity contribution in [2.24, 2.45) is 0 Å². The highest BCUT2D eigenvalue weighted by molar-refractivity contribution is 9.14. The molecule has 5 heteroatoms. The van der Waals surface area contributed by atoms with Crippen LogP contribution in [0.1, 0.15) is 28.2 Å². The van der Waals surface area contributed by atoms with Gasteiger partial charge in [-0.1, -0.05) is 54.3 Å². The Morgan fingerprint density at radius 1 is 1.04 bits per heavy atom. The summed E-state index contributed by atoms with van der Waals surface area (Å²) >= 11 is 13.4. The third kappa shape index (κ3) is 2.55. The SMILES string of the molecule is BrC1=C2C(=Cc3ccccc32)C(SC2=CC=CC3=Cc4csc(Br)c4C32)S1. The van der Waals surface area contributed by atoms with Gasteiger partial charge in [0.25, 0.3) is 0 Å². The molecule has 1 aliphatic heterocycles. The van der Waals surface area contributed by atoms with Crippen molar-refractivity contribution in [2.45, 2.75) is 10.5 Å². The van der Waals surface area contributed by atoms with Crippen molar-refractivity contribution in [3.8, 4) is 0 Å². The Hall–Kier alpha value is -0.720. The summed E-state index contributed by atoms with van der Waals surface area (Å²) in [5, 5.41) is 2.26. The summed E-state index contributed by atoms with van der Waals surface area (Å²) in [6, 6.07) is 8.71. The van der Waals surface area contributed by atoms with Crippen molar-refractivity contribution in [1.82, 2.24) is 0 Å². The van der Waals surface area contributed by atoms with Crippen molar-refractivity contribution in [3.63, 3.8) is 0 Å². The largest absolute Gasteiger partial charge is 0.136 e. The van der Waals surface area contributed by atoms with Crippen LogP contribution in [0, 0.1) is 0 Å².